The Hall–Kier alpha value is -0.0800. The molecule has 0 aromatic heterocycles. The molecule has 0 aromatic carbocycles. The number of aliphatic hydroxyl groups excluding tert-OH is 2. The van der Waals surface area contributed by atoms with Crippen LogP contribution < -0.4 is 0 Å². The average molecular weight is 315 g/mol. The zero-order valence-electron chi connectivity index (χ0n) is 15.4. The molecule has 2 unspecified atom stereocenters. The summed E-state index contributed by atoms with van der Waals surface area (Å²) in [6.07, 6.45) is 18.3. The molecular formula is C20H42O2. The van der Waals surface area contributed by atoms with E-state index in [0.717, 1.165) is 25.7 Å². The Bertz CT molecular complexity index is 206. The second kappa shape index (κ2) is 17.3. The first kappa shape index (κ1) is 21.9. The maximum Gasteiger partial charge on any atom is 0.0564 e. The SMILES string of the molecule is CCCCCCCCCC(O)CC(O)CCCCCCCC. The molecule has 0 aliphatic rings. The van der Waals surface area contributed by atoms with Crippen LogP contribution >= 0.6 is 0 Å². The van der Waals surface area contributed by atoms with E-state index in [-0.39, 0.29) is 12.2 Å². The summed E-state index contributed by atoms with van der Waals surface area (Å²) in [5, 5.41) is 19.9. The summed E-state index contributed by atoms with van der Waals surface area (Å²) in [7, 11) is 0. The highest BCUT2D eigenvalue weighted by Crippen LogP contribution is 2.15. The summed E-state index contributed by atoms with van der Waals surface area (Å²) >= 11 is 0. The maximum absolute atomic E-state index is 9.97. The van der Waals surface area contributed by atoms with Crippen molar-refractivity contribution in [2.75, 3.05) is 0 Å². The predicted octanol–water partition coefficient (Wildman–Crippen LogP) is 5.99. The van der Waals surface area contributed by atoms with Gasteiger partial charge < -0.3 is 10.2 Å². The quantitative estimate of drug-likeness (QED) is 0.324. The topological polar surface area (TPSA) is 40.5 Å². The smallest absolute Gasteiger partial charge is 0.0564 e. The van der Waals surface area contributed by atoms with Crippen molar-refractivity contribution in [3.05, 3.63) is 0 Å². The minimum absolute atomic E-state index is 0.300. The van der Waals surface area contributed by atoms with Gasteiger partial charge in [-0.25, -0.2) is 0 Å². The molecule has 0 saturated heterocycles. The van der Waals surface area contributed by atoms with E-state index in [4.69, 9.17) is 0 Å². The van der Waals surface area contributed by atoms with E-state index >= 15 is 0 Å². The fourth-order valence-corrected chi connectivity index (χ4v) is 3.05. The highest BCUT2D eigenvalue weighted by atomic mass is 16.3. The van der Waals surface area contributed by atoms with Crippen molar-refractivity contribution in [2.45, 2.75) is 129 Å². The lowest BCUT2D eigenvalue weighted by atomic mass is 10.00. The molecule has 2 nitrogen and oxygen atoms in total. The van der Waals surface area contributed by atoms with E-state index in [1.165, 1.54) is 70.6 Å². The van der Waals surface area contributed by atoms with Crippen molar-refractivity contribution in [2.24, 2.45) is 0 Å². The van der Waals surface area contributed by atoms with E-state index in [1.807, 2.05) is 0 Å². The normalized spacial score (nSPS) is 14.2. The number of rotatable bonds is 17. The Morgan fingerprint density at radius 1 is 0.500 bits per heavy atom. The minimum atomic E-state index is -0.300. The predicted molar refractivity (Wildman–Crippen MR) is 97.2 cm³/mol. The Labute approximate surface area is 139 Å². The van der Waals surface area contributed by atoms with Crippen LogP contribution in [-0.2, 0) is 0 Å². The van der Waals surface area contributed by atoms with Crippen LogP contribution in [0.2, 0.25) is 0 Å². The van der Waals surface area contributed by atoms with Gasteiger partial charge in [-0.05, 0) is 19.3 Å². The lowest BCUT2D eigenvalue weighted by Crippen LogP contribution is -2.17. The van der Waals surface area contributed by atoms with Gasteiger partial charge in [0.25, 0.3) is 0 Å². The van der Waals surface area contributed by atoms with Gasteiger partial charge in [-0.1, -0.05) is 97.3 Å². The van der Waals surface area contributed by atoms with Crippen LogP contribution in [0.15, 0.2) is 0 Å². The molecular weight excluding hydrogens is 272 g/mol. The molecule has 2 atom stereocenters. The Balaban J connectivity index is 3.32. The van der Waals surface area contributed by atoms with Crippen LogP contribution in [0.25, 0.3) is 0 Å². The third-order valence-corrected chi connectivity index (χ3v) is 4.58. The van der Waals surface area contributed by atoms with Crippen LogP contribution in [0.1, 0.15) is 117 Å². The Kier molecular flexibility index (Phi) is 17.2. The van der Waals surface area contributed by atoms with Crippen molar-refractivity contribution < 1.29 is 10.2 Å². The molecule has 0 bridgehead atoms. The average Bonchev–Trinajstić information content (AvgIpc) is 2.50. The third-order valence-electron chi connectivity index (χ3n) is 4.58. The molecule has 0 heterocycles. The second-order valence-corrected chi connectivity index (χ2v) is 7.01. The molecule has 134 valence electrons. The van der Waals surface area contributed by atoms with Crippen LogP contribution in [-0.4, -0.2) is 22.4 Å². The van der Waals surface area contributed by atoms with E-state index in [2.05, 4.69) is 13.8 Å². The van der Waals surface area contributed by atoms with Gasteiger partial charge in [-0.2, -0.15) is 0 Å². The molecule has 0 amide bonds. The summed E-state index contributed by atoms with van der Waals surface area (Å²) in [4.78, 5) is 0. The molecule has 22 heavy (non-hydrogen) atoms. The van der Waals surface area contributed by atoms with Crippen molar-refractivity contribution in [1.29, 1.82) is 0 Å². The number of unbranched alkanes of at least 4 members (excludes halogenated alkanes) is 11. The molecule has 2 heteroatoms. The zero-order chi connectivity index (χ0) is 16.5. The highest BCUT2D eigenvalue weighted by Gasteiger charge is 2.11. The monoisotopic (exact) mass is 314 g/mol. The van der Waals surface area contributed by atoms with Gasteiger partial charge in [0, 0.05) is 0 Å². The summed E-state index contributed by atoms with van der Waals surface area (Å²) in [6.45, 7) is 4.48. The van der Waals surface area contributed by atoms with Gasteiger partial charge in [-0.3, -0.25) is 0 Å². The molecule has 0 aromatic rings. The number of aliphatic hydroxyl groups is 2. The lowest BCUT2D eigenvalue weighted by molar-refractivity contribution is 0.0680. The van der Waals surface area contributed by atoms with Gasteiger partial charge in [0.1, 0.15) is 0 Å². The first-order chi connectivity index (χ1) is 10.7. The van der Waals surface area contributed by atoms with Crippen molar-refractivity contribution in [1.82, 2.24) is 0 Å². The largest absolute Gasteiger partial charge is 0.393 e. The third kappa shape index (κ3) is 16.3. The molecule has 0 spiro atoms. The van der Waals surface area contributed by atoms with Crippen molar-refractivity contribution in [3.63, 3.8) is 0 Å². The number of hydrogen-bond acceptors (Lipinski definition) is 2. The Morgan fingerprint density at radius 3 is 1.18 bits per heavy atom. The molecule has 0 aliphatic carbocycles. The second-order valence-electron chi connectivity index (χ2n) is 7.01. The Morgan fingerprint density at radius 2 is 0.818 bits per heavy atom. The van der Waals surface area contributed by atoms with E-state index in [1.54, 1.807) is 0 Å². The van der Waals surface area contributed by atoms with E-state index in [9.17, 15) is 10.2 Å². The van der Waals surface area contributed by atoms with Crippen LogP contribution in [0.4, 0.5) is 0 Å². The molecule has 0 saturated carbocycles. The lowest BCUT2D eigenvalue weighted by Gasteiger charge is -2.15. The molecule has 0 fully saturated rings. The molecule has 2 N–H and O–H groups in total. The van der Waals surface area contributed by atoms with Crippen LogP contribution in [0, 0.1) is 0 Å². The minimum Gasteiger partial charge on any atom is -0.393 e. The molecule has 0 radical (unpaired) electrons. The first-order valence-corrected chi connectivity index (χ1v) is 10.1. The van der Waals surface area contributed by atoms with Crippen LogP contribution in [0.5, 0.6) is 0 Å². The maximum atomic E-state index is 9.97. The van der Waals surface area contributed by atoms with E-state index < -0.39 is 0 Å². The molecule has 0 aliphatic heterocycles. The number of hydrogen-bond donors (Lipinski definition) is 2. The summed E-state index contributed by atoms with van der Waals surface area (Å²) in [5.41, 5.74) is 0. The van der Waals surface area contributed by atoms with Gasteiger partial charge in [0.15, 0.2) is 0 Å². The fourth-order valence-electron chi connectivity index (χ4n) is 3.05. The standard InChI is InChI=1S/C20H42O2/c1-3-5-7-9-11-13-15-17-20(22)18-19(21)16-14-12-10-8-6-4-2/h19-22H,3-18H2,1-2H3. The molecule has 0 rings (SSSR count). The summed E-state index contributed by atoms with van der Waals surface area (Å²) < 4.78 is 0. The summed E-state index contributed by atoms with van der Waals surface area (Å²) in [5.74, 6) is 0. The van der Waals surface area contributed by atoms with Gasteiger partial charge >= 0.3 is 0 Å². The van der Waals surface area contributed by atoms with Gasteiger partial charge in [-0.15, -0.1) is 0 Å². The first-order valence-electron chi connectivity index (χ1n) is 10.1. The van der Waals surface area contributed by atoms with Gasteiger partial charge in [0.2, 0.25) is 0 Å². The zero-order valence-corrected chi connectivity index (χ0v) is 15.4. The van der Waals surface area contributed by atoms with Crippen LogP contribution in [0.3, 0.4) is 0 Å². The highest BCUT2D eigenvalue weighted by molar-refractivity contribution is 4.64. The van der Waals surface area contributed by atoms with Crippen molar-refractivity contribution >= 4 is 0 Å². The van der Waals surface area contributed by atoms with Gasteiger partial charge in [0.05, 0.1) is 12.2 Å². The van der Waals surface area contributed by atoms with Crippen molar-refractivity contribution in [3.8, 4) is 0 Å². The van der Waals surface area contributed by atoms with E-state index in [0.29, 0.717) is 6.42 Å². The fraction of sp³-hybridized carbons (Fsp3) is 1.00. The summed E-state index contributed by atoms with van der Waals surface area (Å²) in [6, 6.07) is 0.